The zero-order valence-electron chi connectivity index (χ0n) is 24.3. The Balaban J connectivity index is 1.28. The molecule has 1 aliphatic heterocycles. The monoisotopic (exact) mass is 569 g/mol. The first-order valence-corrected chi connectivity index (χ1v) is 14.1. The Morgan fingerprint density at radius 3 is 2.60 bits per heavy atom. The van der Waals surface area contributed by atoms with Gasteiger partial charge in [0.1, 0.15) is 22.8 Å². The van der Waals surface area contributed by atoms with Gasteiger partial charge in [-0.3, -0.25) is 9.55 Å². The fourth-order valence-corrected chi connectivity index (χ4v) is 4.97. The molecule has 0 aliphatic carbocycles. The second-order valence-electron chi connectivity index (χ2n) is 11.3. The number of nitrogens with one attached hydrogen (secondary N) is 1. The van der Waals surface area contributed by atoms with Gasteiger partial charge in [-0.15, -0.1) is 0 Å². The van der Waals surface area contributed by atoms with E-state index >= 15 is 0 Å². The summed E-state index contributed by atoms with van der Waals surface area (Å²) in [5.41, 5.74) is 1.29. The number of benzene rings is 2. The van der Waals surface area contributed by atoms with Crippen LogP contribution in [0.15, 0.2) is 54.9 Å². The number of likely N-dealkylation sites (tertiary alicyclic amines) is 1. The maximum atomic E-state index is 12.4. The van der Waals surface area contributed by atoms with Crippen molar-refractivity contribution in [3.8, 4) is 17.2 Å². The van der Waals surface area contributed by atoms with Crippen molar-refractivity contribution in [3.63, 3.8) is 0 Å². The van der Waals surface area contributed by atoms with Crippen LogP contribution >= 0.6 is 0 Å². The van der Waals surface area contributed by atoms with E-state index in [0.717, 1.165) is 23.7 Å². The highest BCUT2D eigenvalue weighted by Gasteiger charge is 2.27. The number of amides is 2. The number of hydrogen-bond donors (Lipinski definition) is 1. The quantitative estimate of drug-likeness (QED) is 0.248. The SMILES string of the molecule is [C-]#[N+]c1cc2c(Oc3ccc4c(ccn4C(=O)NCC)c3)ccnc2cc1OCC1CCN(C(=O)OC(C)(C)C)CC1. The number of hydrogen-bond acceptors (Lipinski definition) is 6. The van der Waals surface area contributed by atoms with E-state index in [4.69, 9.17) is 20.8 Å². The number of piperidine rings is 1. The molecular formula is C32H35N5O5. The number of carbonyl (C=O) groups excluding carboxylic acids is 2. The minimum atomic E-state index is -0.518. The standard InChI is InChI=1S/C32H35N5O5/c1-6-34-30(38)37-16-12-22-17-23(7-8-27(22)37)41-28-9-13-35-25-19-29(26(33-5)18-24(25)28)40-20-21-10-14-36(15-11-21)31(39)42-32(2,3)4/h7-9,12-13,16-19,21H,6,10-11,14-15,20H2,1-4H3,(H,34,38). The molecule has 4 aromatic rings. The van der Waals surface area contributed by atoms with E-state index in [2.05, 4.69) is 15.1 Å². The van der Waals surface area contributed by atoms with Crippen LogP contribution in [0.1, 0.15) is 40.5 Å². The Labute approximate surface area is 245 Å². The Hall–Kier alpha value is -4.78. The van der Waals surface area contributed by atoms with Crippen LogP contribution in [-0.2, 0) is 4.74 Å². The summed E-state index contributed by atoms with van der Waals surface area (Å²) in [5, 5.41) is 4.37. The van der Waals surface area contributed by atoms with Crippen molar-refractivity contribution in [2.75, 3.05) is 26.2 Å². The average Bonchev–Trinajstić information content (AvgIpc) is 3.39. The molecular weight excluding hydrogens is 534 g/mol. The Morgan fingerprint density at radius 2 is 1.88 bits per heavy atom. The van der Waals surface area contributed by atoms with Crippen LogP contribution in [0.25, 0.3) is 26.7 Å². The van der Waals surface area contributed by atoms with Crippen molar-refractivity contribution in [1.82, 2.24) is 19.8 Å². The fraction of sp³-hybridized carbons (Fsp3) is 0.375. The number of nitrogens with zero attached hydrogens (tertiary/aromatic N) is 4. The Morgan fingerprint density at radius 1 is 1.10 bits per heavy atom. The molecule has 5 rings (SSSR count). The van der Waals surface area contributed by atoms with Gasteiger partial charge in [0.15, 0.2) is 0 Å². The van der Waals surface area contributed by atoms with E-state index in [-0.39, 0.29) is 18.0 Å². The van der Waals surface area contributed by atoms with E-state index < -0.39 is 5.60 Å². The summed E-state index contributed by atoms with van der Waals surface area (Å²) in [4.78, 5) is 34.6. The van der Waals surface area contributed by atoms with Crippen LogP contribution < -0.4 is 14.8 Å². The summed E-state index contributed by atoms with van der Waals surface area (Å²) < 4.78 is 19.4. The highest BCUT2D eigenvalue weighted by molar-refractivity contribution is 5.93. The lowest BCUT2D eigenvalue weighted by Crippen LogP contribution is -2.42. The van der Waals surface area contributed by atoms with Gasteiger partial charge < -0.3 is 24.4 Å². The highest BCUT2D eigenvalue weighted by atomic mass is 16.6. The summed E-state index contributed by atoms with van der Waals surface area (Å²) in [6, 6.07) is 12.5. The molecule has 218 valence electrons. The summed E-state index contributed by atoms with van der Waals surface area (Å²) in [6.45, 7) is 17.5. The molecule has 10 heteroatoms. The predicted molar refractivity (Wildman–Crippen MR) is 161 cm³/mol. The average molecular weight is 570 g/mol. The van der Waals surface area contributed by atoms with Crippen LogP contribution in [0.3, 0.4) is 0 Å². The number of rotatable bonds is 6. The van der Waals surface area contributed by atoms with Gasteiger partial charge in [-0.25, -0.2) is 14.4 Å². The molecule has 2 aromatic heterocycles. The number of carbonyl (C=O) groups is 2. The molecule has 42 heavy (non-hydrogen) atoms. The van der Waals surface area contributed by atoms with Crippen LogP contribution in [0.4, 0.5) is 15.3 Å². The van der Waals surface area contributed by atoms with E-state index in [1.165, 1.54) is 0 Å². The van der Waals surface area contributed by atoms with Gasteiger partial charge in [-0.2, -0.15) is 0 Å². The number of fused-ring (bicyclic) bond motifs is 2. The molecule has 0 saturated carbocycles. The van der Waals surface area contributed by atoms with Gasteiger partial charge in [0.2, 0.25) is 5.69 Å². The van der Waals surface area contributed by atoms with E-state index in [9.17, 15) is 9.59 Å². The van der Waals surface area contributed by atoms with Gasteiger partial charge in [0.05, 0.1) is 24.2 Å². The number of aromatic nitrogens is 2. The van der Waals surface area contributed by atoms with Gasteiger partial charge in [0, 0.05) is 42.8 Å². The van der Waals surface area contributed by atoms with Crippen molar-refractivity contribution in [2.45, 2.75) is 46.1 Å². The van der Waals surface area contributed by atoms with Gasteiger partial charge in [0.25, 0.3) is 0 Å². The smallest absolute Gasteiger partial charge is 0.410 e. The van der Waals surface area contributed by atoms with E-state index in [1.54, 1.807) is 40.1 Å². The molecule has 10 nitrogen and oxygen atoms in total. The third-order valence-corrected chi connectivity index (χ3v) is 7.08. The number of pyridine rings is 1. The van der Waals surface area contributed by atoms with Crippen molar-refractivity contribution < 1.29 is 23.8 Å². The molecule has 0 spiro atoms. The first kappa shape index (κ1) is 28.7. The zero-order chi connectivity index (χ0) is 29.9. The maximum Gasteiger partial charge on any atom is 0.410 e. The third-order valence-electron chi connectivity index (χ3n) is 7.08. The van der Waals surface area contributed by atoms with Crippen LogP contribution in [0.2, 0.25) is 0 Å². The predicted octanol–water partition coefficient (Wildman–Crippen LogP) is 7.14. The molecule has 2 amide bonds. The van der Waals surface area contributed by atoms with Crippen LogP contribution in [-0.4, -0.2) is 58.4 Å². The highest BCUT2D eigenvalue weighted by Crippen LogP contribution is 2.38. The molecule has 3 heterocycles. The van der Waals surface area contributed by atoms with Crippen LogP contribution in [0, 0.1) is 12.5 Å². The molecule has 0 unspecified atom stereocenters. The fourth-order valence-electron chi connectivity index (χ4n) is 4.97. The topological polar surface area (TPSA) is 99.3 Å². The van der Waals surface area contributed by atoms with Crippen LogP contribution in [0.5, 0.6) is 17.2 Å². The normalized spacial score (nSPS) is 14.0. The van der Waals surface area contributed by atoms with Gasteiger partial charge in [-0.05, 0) is 88.9 Å². The molecule has 1 saturated heterocycles. The van der Waals surface area contributed by atoms with Gasteiger partial charge in [-0.1, -0.05) is 0 Å². The third kappa shape index (κ3) is 6.41. The second kappa shape index (κ2) is 12.0. The first-order valence-electron chi connectivity index (χ1n) is 14.1. The minimum absolute atomic E-state index is 0.183. The molecule has 0 atom stereocenters. The largest absolute Gasteiger partial charge is 0.504 e. The van der Waals surface area contributed by atoms with Crippen molar-refractivity contribution in [2.24, 2.45) is 5.92 Å². The Kier molecular flexibility index (Phi) is 8.20. The lowest BCUT2D eigenvalue weighted by Gasteiger charge is -2.33. The molecule has 1 N–H and O–H groups in total. The summed E-state index contributed by atoms with van der Waals surface area (Å²) in [6.07, 6.45) is 4.71. The Bertz CT molecular complexity index is 1660. The van der Waals surface area contributed by atoms with Gasteiger partial charge >= 0.3 is 12.1 Å². The lowest BCUT2D eigenvalue weighted by atomic mass is 9.98. The lowest BCUT2D eigenvalue weighted by molar-refractivity contribution is 0.0165. The summed E-state index contributed by atoms with van der Waals surface area (Å²) in [5.74, 6) is 1.91. The van der Waals surface area contributed by atoms with Crippen molar-refractivity contribution in [3.05, 3.63) is 66.3 Å². The van der Waals surface area contributed by atoms with E-state index in [0.29, 0.717) is 60.1 Å². The second-order valence-corrected chi connectivity index (χ2v) is 11.3. The maximum absolute atomic E-state index is 12.4. The summed E-state index contributed by atoms with van der Waals surface area (Å²) >= 11 is 0. The molecule has 0 bridgehead atoms. The zero-order valence-corrected chi connectivity index (χ0v) is 24.3. The van der Waals surface area contributed by atoms with Crippen molar-refractivity contribution >= 4 is 39.6 Å². The number of ether oxygens (including phenoxy) is 3. The molecule has 0 radical (unpaired) electrons. The molecule has 2 aromatic carbocycles. The van der Waals surface area contributed by atoms with Crippen molar-refractivity contribution in [1.29, 1.82) is 0 Å². The first-order chi connectivity index (χ1) is 20.1. The molecule has 1 fully saturated rings. The summed E-state index contributed by atoms with van der Waals surface area (Å²) in [7, 11) is 0. The molecule has 1 aliphatic rings. The van der Waals surface area contributed by atoms with E-state index in [1.807, 2.05) is 52.0 Å². The minimum Gasteiger partial charge on any atom is -0.504 e.